The van der Waals surface area contributed by atoms with Gasteiger partial charge in [-0.15, -0.1) is 0 Å². The Morgan fingerprint density at radius 1 is 1.33 bits per heavy atom. The van der Waals surface area contributed by atoms with Gasteiger partial charge in [0, 0.05) is 24.6 Å². The van der Waals surface area contributed by atoms with E-state index in [4.69, 9.17) is 10.5 Å². The molecule has 3 rings (SSSR count). The van der Waals surface area contributed by atoms with E-state index in [1.807, 2.05) is 24.3 Å². The van der Waals surface area contributed by atoms with Gasteiger partial charge in [-0.1, -0.05) is 25.0 Å². The summed E-state index contributed by atoms with van der Waals surface area (Å²) < 4.78 is 6.02. The number of ketones is 1. The molecule has 0 aromatic heterocycles. The summed E-state index contributed by atoms with van der Waals surface area (Å²) in [6, 6.07) is 7.85. The highest BCUT2D eigenvalue weighted by atomic mass is 16.5. The Morgan fingerprint density at radius 3 is 2.90 bits per heavy atom. The van der Waals surface area contributed by atoms with E-state index in [-0.39, 0.29) is 11.5 Å². The maximum Gasteiger partial charge on any atom is 0.136 e. The summed E-state index contributed by atoms with van der Waals surface area (Å²) in [6.07, 6.45) is 8.07. The van der Waals surface area contributed by atoms with Crippen molar-refractivity contribution in [3.8, 4) is 0 Å². The molecule has 1 aromatic carbocycles. The third-order valence-electron chi connectivity index (χ3n) is 5.07. The van der Waals surface area contributed by atoms with Crippen LogP contribution >= 0.6 is 0 Å². The lowest BCUT2D eigenvalue weighted by Crippen LogP contribution is -2.39. The Morgan fingerprint density at radius 2 is 2.14 bits per heavy atom. The van der Waals surface area contributed by atoms with Crippen LogP contribution in [0.5, 0.6) is 0 Å². The summed E-state index contributed by atoms with van der Waals surface area (Å²) in [5.74, 6) is 0.616. The van der Waals surface area contributed by atoms with Crippen molar-refractivity contribution in [3.63, 3.8) is 0 Å². The molecule has 114 valence electrons. The first-order valence-corrected chi connectivity index (χ1v) is 8.18. The predicted molar refractivity (Wildman–Crippen MR) is 84.1 cm³/mol. The zero-order valence-corrected chi connectivity index (χ0v) is 12.6. The number of ether oxygens (including phenoxy) is 1. The van der Waals surface area contributed by atoms with Crippen molar-refractivity contribution in [2.45, 2.75) is 57.0 Å². The molecule has 1 heterocycles. The largest absolute Gasteiger partial charge is 0.399 e. The van der Waals surface area contributed by atoms with Gasteiger partial charge < -0.3 is 10.5 Å². The molecule has 2 N–H and O–H groups in total. The molecule has 1 spiro atoms. The zero-order chi connectivity index (χ0) is 14.7. The van der Waals surface area contributed by atoms with Gasteiger partial charge in [-0.3, -0.25) is 4.79 Å². The normalized spacial score (nSPS) is 24.3. The Hall–Kier alpha value is -1.35. The molecule has 2 aliphatic rings. The summed E-state index contributed by atoms with van der Waals surface area (Å²) >= 11 is 0. The number of hydrogen-bond donors (Lipinski definition) is 1. The molecule has 1 aliphatic carbocycles. The maximum atomic E-state index is 12.5. The fraction of sp³-hybridized carbons (Fsp3) is 0.611. The summed E-state index contributed by atoms with van der Waals surface area (Å²) in [5, 5.41) is 0. The monoisotopic (exact) mass is 287 g/mol. The van der Waals surface area contributed by atoms with E-state index in [1.165, 1.54) is 12.8 Å². The fourth-order valence-electron chi connectivity index (χ4n) is 3.89. The van der Waals surface area contributed by atoms with Gasteiger partial charge in [-0.25, -0.2) is 0 Å². The topological polar surface area (TPSA) is 52.3 Å². The lowest BCUT2D eigenvalue weighted by atomic mass is 9.81. The van der Waals surface area contributed by atoms with E-state index in [9.17, 15) is 4.79 Å². The molecular weight excluding hydrogens is 262 g/mol. The van der Waals surface area contributed by atoms with Crippen molar-refractivity contribution in [2.75, 3.05) is 12.3 Å². The van der Waals surface area contributed by atoms with Crippen molar-refractivity contribution in [3.05, 3.63) is 29.8 Å². The summed E-state index contributed by atoms with van der Waals surface area (Å²) in [5.41, 5.74) is 7.75. The number of nitrogen functional groups attached to an aromatic ring is 1. The summed E-state index contributed by atoms with van der Waals surface area (Å²) in [7, 11) is 0. The SMILES string of the molecule is Nc1cccc(CCC(=O)C2CCOC3(CCCC3)C2)c1. The van der Waals surface area contributed by atoms with Crippen molar-refractivity contribution >= 4 is 11.5 Å². The summed E-state index contributed by atoms with van der Waals surface area (Å²) in [4.78, 5) is 12.5. The van der Waals surface area contributed by atoms with Gasteiger partial charge in [0.2, 0.25) is 0 Å². The molecule has 1 saturated heterocycles. The molecule has 1 aliphatic heterocycles. The third kappa shape index (κ3) is 3.46. The highest BCUT2D eigenvalue weighted by Gasteiger charge is 2.41. The third-order valence-corrected chi connectivity index (χ3v) is 5.07. The number of hydrogen-bond acceptors (Lipinski definition) is 3. The van der Waals surface area contributed by atoms with Crippen LogP contribution in [0.2, 0.25) is 0 Å². The first kappa shape index (κ1) is 14.6. The molecule has 0 radical (unpaired) electrons. The van der Waals surface area contributed by atoms with Gasteiger partial charge in [-0.05, 0) is 49.8 Å². The van der Waals surface area contributed by atoms with Gasteiger partial charge in [-0.2, -0.15) is 0 Å². The number of carbonyl (C=O) groups excluding carboxylic acids is 1. The Kier molecular flexibility index (Phi) is 4.29. The molecular formula is C18H25NO2. The van der Waals surface area contributed by atoms with Crippen LogP contribution < -0.4 is 5.73 Å². The van der Waals surface area contributed by atoms with Crippen LogP contribution in [0.4, 0.5) is 5.69 Å². The summed E-state index contributed by atoms with van der Waals surface area (Å²) in [6.45, 7) is 0.759. The quantitative estimate of drug-likeness (QED) is 0.862. The first-order chi connectivity index (χ1) is 10.2. The minimum absolute atomic E-state index is 0.0375. The highest BCUT2D eigenvalue weighted by Crippen LogP contribution is 2.42. The van der Waals surface area contributed by atoms with Gasteiger partial charge >= 0.3 is 0 Å². The minimum Gasteiger partial charge on any atom is -0.399 e. The van der Waals surface area contributed by atoms with Crippen LogP contribution in [0.25, 0.3) is 0 Å². The second kappa shape index (κ2) is 6.18. The van der Waals surface area contributed by atoms with Gasteiger partial charge in [0.1, 0.15) is 5.78 Å². The average Bonchev–Trinajstić information content (AvgIpc) is 2.93. The van der Waals surface area contributed by atoms with Gasteiger partial charge in [0.15, 0.2) is 0 Å². The number of nitrogens with two attached hydrogens (primary N) is 1. The number of anilines is 1. The van der Waals surface area contributed by atoms with Crippen LogP contribution in [0.3, 0.4) is 0 Å². The van der Waals surface area contributed by atoms with Crippen molar-refractivity contribution in [1.29, 1.82) is 0 Å². The molecule has 0 amide bonds. The molecule has 2 fully saturated rings. The van der Waals surface area contributed by atoms with Crippen LogP contribution in [-0.2, 0) is 16.0 Å². The van der Waals surface area contributed by atoms with Crippen LogP contribution in [0.15, 0.2) is 24.3 Å². The number of carbonyl (C=O) groups is 1. The smallest absolute Gasteiger partial charge is 0.136 e. The fourth-order valence-corrected chi connectivity index (χ4v) is 3.89. The molecule has 0 bridgehead atoms. The molecule has 1 unspecified atom stereocenters. The minimum atomic E-state index is 0.0375. The van der Waals surface area contributed by atoms with E-state index in [1.54, 1.807) is 0 Å². The standard InChI is InChI=1S/C18H25NO2/c19-16-5-3-4-14(12-16)6-7-17(20)15-8-11-21-18(13-15)9-1-2-10-18/h3-5,12,15H,1-2,6-11,13,19H2. The molecule has 1 saturated carbocycles. The van der Waals surface area contributed by atoms with E-state index in [0.717, 1.165) is 50.0 Å². The van der Waals surface area contributed by atoms with Crippen LogP contribution in [0, 0.1) is 5.92 Å². The van der Waals surface area contributed by atoms with Gasteiger partial charge in [0.05, 0.1) is 5.60 Å². The van der Waals surface area contributed by atoms with Crippen molar-refractivity contribution in [2.24, 2.45) is 5.92 Å². The maximum absolute atomic E-state index is 12.5. The van der Waals surface area contributed by atoms with Crippen LogP contribution in [-0.4, -0.2) is 18.0 Å². The number of Topliss-reactive ketones (excluding diaryl/α,β-unsaturated/α-hetero) is 1. The molecule has 1 aromatic rings. The van der Waals surface area contributed by atoms with E-state index in [0.29, 0.717) is 12.2 Å². The molecule has 21 heavy (non-hydrogen) atoms. The average molecular weight is 287 g/mol. The highest BCUT2D eigenvalue weighted by molar-refractivity contribution is 5.81. The van der Waals surface area contributed by atoms with Crippen molar-refractivity contribution < 1.29 is 9.53 Å². The zero-order valence-electron chi connectivity index (χ0n) is 12.6. The first-order valence-electron chi connectivity index (χ1n) is 8.18. The lowest BCUT2D eigenvalue weighted by molar-refractivity contribution is -0.136. The Balaban J connectivity index is 1.55. The van der Waals surface area contributed by atoms with Gasteiger partial charge in [0.25, 0.3) is 0 Å². The molecule has 3 heteroatoms. The van der Waals surface area contributed by atoms with E-state index in [2.05, 4.69) is 0 Å². The number of aryl methyl sites for hydroxylation is 1. The van der Waals surface area contributed by atoms with Crippen LogP contribution in [0.1, 0.15) is 50.5 Å². The van der Waals surface area contributed by atoms with Crippen molar-refractivity contribution in [1.82, 2.24) is 0 Å². The van der Waals surface area contributed by atoms with E-state index >= 15 is 0 Å². The lowest BCUT2D eigenvalue weighted by Gasteiger charge is -2.37. The number of rotatable bonds is 4. The Bertz CT molecular complexity index is 506. The molecule has 1 atom stereocenters. The van der Waals surface area contributed by atoms with E-state index < -0.39 is 0 Å². The Labute approximate surface area is 126 Å². The second-order valence-electron chi connectivity index (χ2n) is 6.64. The molecule has 3 nitrogen and oxygen atoms in total. The second-order valence-corrected chi connectivity index (χ2v) is 6.64. The predicted octanol–water partition coefficient (Wildman–Crippen LogP) is 3.51. The number of benzene rings is 1.